The third kappa shape index (κ3) is 7.92. The van der Waals surface area contributed by atoms with Gasteiger partial charge in [0.1, 0.15) is 22.9 Å². The summed E-state index contributed by atoms with van der Waals surface area (Å²) in [6.07, 6.45) is 3.21. The van der Waals surface area contributed by atoms with Gasteiger partial charge in [0, 0.05) is 36.7 Å². The highest BCUT2D eigenvalue weighted by Crippen LogP contribution is 2.32. The quantitative estimate of drug-likeness (QED) is 0.0965. The van der Waals surface area contributed by atoms with Crippen LogP contribution in [0.4, 0.5) is 17.6 Å². The Labute approximate surface area is 292 Å². The van der Waals surface area contributed by atoms with Crippen LogP contribution >= 0.6 is 24.4 Å². The zero-order valence-corrected chi connectivity index (χ0v) is 28.5. The molecular weight excluding hydrogens is 705 g/mol. The number of rotatable bonds is 12. The van der Waals surface area contributed by atoms with E-state index >= 15 is 0 Å². The van der Waals surface area contributed by atoms with Crippen molar-refractivity contribution in [2.45, 2.75) is 26.3 Å². The second-order valence-electron chi connectivity index (χ2n) is 10.1. The van der Waals surface area contributed by atoms with Crippen LogP contribution in [-0.4, -0.2) is 70.7 Å². The summed E-state index contributed by atoms with van der Waals surface area (Å²) in [6, 6.07) is 12.6. The average Bonchev–Trinajstić information content (AvgIpc) is 3.57. The van der Waals surface area contributed by atoms with Gasteiger partial charge in [-0.2, -0.15) is 17.6 Å². The number of pyridine rings is 2. The second-order valence-corrected chi connectivity index (χ2v) is 10.9. The van der Waals surface area contributed by atoms with E-state index in [4.69, 9.17) is 43.4 Å². The van der Waals surface area contributed by atoms with Crippen molar-refractivity contribution in [3.8, 4) is 34.5 Å². The van der Waals surface area contributed by atoms with Crippen molar-refractivity contribution in [3.63, 3.8) is 0 Å². The monoisotopic (exact) mass is 734 g/mol. The van der Waals surface area contributed by atoms with Crippen molar-refractivity contribution < 1.29 is 46.0 Å². The summed E-state index contributed by atoms with van der Waals surface area (Å²) in [5.41, 5.74) is 3.87. The Hall–Kier alpha value is -5.36. The summed E-state index contributed by atoms with van der Waals surface area (Å²) in [6.45, 7) is -5.17. The van der Waals surface area contributed by atoms with E-state index in [9.17, 15) is 17.6 Å². The molecule has 0 aliphatic rings. The highest BCUT2D eigenvalue weighted by molar-refractivity contribution is 7.71. The molecule has 0 bridgehead atoms. The third-order valence-corrected chi connectivity index (χ3v) is 7.94. The van der Waals surface area contributed by atoms with E-state index in [2.05, 4.69) is 29.4 Å². The lowest BCUT2D eigenvalue weighted by Gasteiger charge is -2.12. The minimum absolute atomic E-state index is 0.0517. The molecule has 50 heavy (non-hydrogen) atoms. The number of nitrogens with zero attached hydrogens (tertiary/aromatic N) is 4. The number of alkyl halides is 4. The molecule has 2 aromatic carbocycles. The van der Waals surface area contributed by atoms with E-state index in [1.54, 1.807) is 52.9 Å². The van der Waals surface area contributed by atoms with E-state index < -0.39 is 13.2 Å². The number of aromatic nitrogens is 6. The van der Waals surface area contributed by atoms with Crippen LogP contribution in [0.15, 0.2) is 60.9 Å². The summed E-state index contributed by atoms with van der Waals surface area (Å²) in [4.78, 5) is 14.7. The maximum absolute atomic E-state index is 12.5. The third-order valence-electron chi connectivity index (χ3n) is 7.29. The minimum atomic E-state index is -2.90. The maximum Gasteiger partial charge on any atom is 0.387 e. The number of hydrogen-bond donors (Lipinski definition) is 2. The van der Waals surface area contributed by atoms with Crippen LogP contribution in [-0.2, 0) is 13.1 Å². The fourth-order valence-electron chi connectivity index (χ4n) is 5.17. The standard InChI is InChI=1S/2C16H15F2N3O3S/c1-22-13-5-6-19-11(14(13)23-2)8-21-12-4-3-9(24-15(17)18)7-10(12)20-16(21)25;1-22-13-5-6-19-11(14(13)23-2)8-21-12-7-9(24-15(17)18)3-4-10(12)20-16(21)25/h2*3-7,15H,8H2,1-2H3,(H,20,25). The molecule has 0 amide bonds. The molecule has 18 heteroatoms. The smallest absolute Gasteiger partial charge is 0.387 e. The van der Waals surface area contributed by atoms with E-state index in [0.29, 0.717) is 67.0 Å². The van der Waals surface area contributed by atoms with Crippen molar-refractivity contribution in [2.75, 3.05) is 28.4 Å². The molecule has 4 aromatic heterocycles. The van der Waals surface area contributed by atoms with Gasteiger partial charge in [-0.3, -0.25) is 9.97 Å². The van der Waals surface area contributed by atoms with Gasteiger partial charge in [0.25, 0.3) is 0 Å². The van der Waals surface area contributed by atoms with Crippen LogP contribution in [0, 0.1) is 9.54 Å². The van der Waals surface area contributed by atoms with Crippen molar-refractivity contribution in [1.29, 1.82) is 0 Å². The van der Waals surface area contributed by atoms with Crippen LogP contribution < -0.4 is 28.4 Å². The van der Waals surface area contributed by atoms with Crippen LogP contribution in [0.25, 0.3) is 22.1 Å². The number of halogens is 4. The SMILES string of the molecule is COc1ccnc(Cn2c(=S)[nH]c3cc(OC(F)F)ccc32)c1OC.COc1ccnc(Cn2c(=S)[nH]c3ccc(OC(F)F)cc32)c1OC. The molecule has 0 radical (unpaired) electrons. The lowest BCUT2D eigenvalue weighted by atomic mass is 10.2. The molecule has 2 N–H and O–H groups in total. The number of hydrogen-bond acceptors (Lipinski definition) is 10. The van der Waals surface area contributed by atoms with Gasteiger partial charge in [-0.05, 0) is 48.7 Å². The molecule has 0 atom stereocenters. The van der Waals surface area contributed by atoms with E-state index in [1.165, 1.54) is 45.6 Å². The van der Waals surface area contributed by atoms with Crippen LogP contribution in [0.5, 0.6) is 34.5 Å². The molecule has 0 fully saturated rings. The van der Waals surface area contributed by atoms with E-state index in [-0.39, 0.29) is 18.0 Å². The molecule has 4 heterocycles. The van der Waals surface area contributed by atoms with Gasteiger partial charge in [-0.25, -0.2) is 0 Å². The Morgan fingerprint density at radius 2 is 1.10 bits per heavy atom. The van der Waals surface area contributed by atoms with Gasteiger partial charge in [0.05, 0.1) is 63.6 Å². The molecule has 0 saturated carbocycles. The molecule has 264 valence electrons. The molecule has 0 aliphatic heterocycles. The lowest BCUT2D eigenvalue weighted by Crippen LogP contribution is -2.06. The average molecular weight is 735 g/mol. The Kier molecular flexibility index (Phi) is 11.4. The number of imidazole rings is 2. The van der Waals surface area contributed by atoms with Gasteiger partial charge < -0.3 is 47.5 Å². The minimum Gasteiger partial charge on any atom is -0.493 e. The normalized spacial score (nSPS) is 11.1. The fourth-order valence-corrected chi connectivity index (χ4v) is 5.71. The summed E-state index contributed by atoms with van der Waals surface area (Å²) in [5, 5.41) is 0. The Balaban J connectivity index is 0.000000194. The first-order valence-electron chi connectivity index (χ1n) is 14.5. The van der Waals surface area contributed by atoms with Crippen molar-refractivity contribution in [1.82, 2.24) is 29.1 Å². The number of benzene rings is 2. The number of ether oxygens (including phenoxy) is 6. The molecule has 6 rings (SSSR count). The van der Waals surface area contributed by atoms with Gasteiger partial charge >= 0.3 is 13.2 Å². The molecule has 0 unspecified atom stereocenters. The topological polar surface area (TPSA) is 123 Å². The van der Waals surface area contributed by atoms with Crippen LogP contribution in [0.1, 0.15) is 11.4 Å². The predicted octanol–water partition coefficient (Wildman–Crippen LogP) is 7.52. The number of H-pyrrole nitrogens is 2. The highest BCUT2D eigenvalue weighted by atomic mass is 32.1. The molecule has 12 nitrogen and oxygen atoms in total. The van der Waals surface area contributed by atoms with Crippen LogP contribution in [0.3, 0.4) is 0 Å². The number of nitrogens with one attached hydrogen (secondary N) is 2. The molecule has 6 aromatic rings. The van der Waals surface area contributed by atoms with E-state index in [1.807, 2.05) is 0 Å². The molecule has 0 spiro atoms. The van der Waals surface area contributed by atoms with Crippen LogP contribution in [0.2, 0.25) is 0 Å². The summed E-state index contributed by atoms with van der Waals surface area (Å²) < 4.78 is 84.2. The second kappa shape index (κ2) is 15.9. The summed E-state index contributed by atoms with van der Waals surface area (Å²) >= 11 is 10.7. The summed E-state index contributed by atoms with van der Waals surface area (Å²) in [7, 11) is 6.13. The predicted molar refractivity (Wildman–Crippen MR) is 180 cm³/mol. The molecule has 0 aliphatic carbocycles. The maximum atomic E-state index is 12.5. The molecular formula is C32H30F4N6O6S2. The summed E-state index contributed by atoms with van der Waals surface area (Å²) in [5.74, 6) is 2.21. The number of methoxy groups -OCH3 is 4. The van der Waals surface area contributed by atoms with Gasteiger partial charge in [-0.1, -0.05) is 0 Å². The zero-order valence-electron chi connectivity index (χ0n) is 26.9. The fraction of sp³-hybridized carbons (Fsp3) is 0.250. The largest absolute Gasteiger partial charge is 0.493 e. The lowest BCUT2D eigenvalue weighted by molar-refractivity contribution is -0.0504. The first-order valence-corrected chi connectivity index (χ1v) is 15.3. The van der Waals surface area contributed by atoms with Gasteiger partial charge in [-0.15, -0.1) is 0 Å². The molecule has 0 saturated heterocycles. The zero-order chi connectivity index (χ0) is 35.9. The van der Waals surface area contributed by atoms with E-state index in [0.717, 1.165) is 5.52 Å². The van der Waals surface area contributed by atoms with Crippen molar-refractivity contribution >= 4 is 46.5 Å². The van der Waals surface area contributed by atoms with Gasteiger partial charge in [0.15, 0.2) is 32.5 Å². The van der Waals surface area contributed by atoms with Crippen molar-refractivity contribution in [3.05, 3.63) is 81.9 Å². The number of aromatic amines is 2. The first kappa shape index (κ1) is 35.9. The Morgan fingerprint density at radius 3 is 1.60 bits per heavy atom. The number of fused-ring (bicyclic) bond motifs is 2. The highest BCUT2D eigenvalue weighted by Gasteiger charge is 2.17. The Bertz CT molecular complexity index is 2220. The first-order chi connectivity index (χ1) is 24.1. The van der Waals surface area contributed by atoms with Gasteiger partial charge in [0.2, 0.25) is 0 Å². The van der Waals surface area contributed by atoms with Crippen molar-refractivity contribution in [2.24, 2.45) is 0 Å². The Morgan fingerprint density at radius 1 is 0.620 bits per heavy atom.